The van der Waals surface area contributed by atoms with E-state index in [0.717, 1.165) is 0 Å². The van der Waals surface area contributed by atoms with E-state index in [9.17, 15) is 0 Å². The lowest BCUT2D eigenvalue weighted by Gasteiger charge is -2.13. The van der Waals surface area contributed by atoms with Crippen LogP contribution in [0, 0.1) is 0 Å². The number of aromatic nitrogens is 1. The Labute approximate surface area is 187 Å². The number of hydrogen-bond donors (Lipinski definition) is 0. The second kappa shape index (κ2) is 5.87. The van der Waals surface area contributed by atoms with E-state index in [1.165, 1.54) is 69.0 Å². The SMILES string of the molecule is c1ccc2c(c1)ccc1c2c2cc3c(cc2n2c4ccccc4cc12)sc1ccccc13. The van der Waals surface area contributed by atoms with E-state index in [-0.39, 0.29) is 0 Å². The summed E-state index contributed by atoms with van der Waals surface area (Å²) in [6.07, 6.45) is 0. The molecular formula is C30H17NS. The summed E-state index contributed by atoms with van der Waals surface area (Å²) < 4.78 is 5.16. The van der Waals surface area contributed by atoms with E-state index in [1.54, 1.807) is 0 Å². The number of thiophene rings is 1. The third kappa shape index (κ3) is 2.03. The second-order valence-electron chi connectivity index (χ2n) is 8.60. The molecule has 0 atom stereocenters. The van der Waals surface area contributed by atoms with Gasteiger partial charge in [0, 0.05) is 41.7 Å². The summed E-state index contributed by atoms with van der Waals surface area (Å²) in [5, 5.41) is 10.6. The minimum Gasteiger partial charge on any atom is -0.309 e. The molecule has 1 nitrogen and oxygen atoms in total. The Kier molecular flexibility index (Phi) is 3.08. The number of pyridine rings is 1. The van der Waals surface area contributed by atoms with E-state index in [1.807, 2.05) is 11.3 Å². The van der Waals surface area contributed by atoms with Gasteiger partial charge in [0.2, 0.25) is 0 Å². The van der Waals surface area contributed by atoms with Gasteiger partial charge in [-0.05, 0) is 41.1 Å². The number of para-hydroxylation sites is 1. The molecule has 0 bridgehead atoms. The first kappa shape index (κ1) is 16.8. The summed E-state index contributed by atoms with van der Waals surface area (Å²) in [7, 11) is 0. The summed E-state index contributed by atoms with van der Waals surface area (Å²) in [6, 6.07) is 38.1. The molecule has 5 aromatic carbocycles. The highest BCUT2D eigenvalue weighted by Crippen LogP contribution is 2.42. The van der Waals surface area contributed by atoms with E-state index in [0.29, 0.717) is 0 Å². The average molecular weight is 424 g/mol. The van der Waals surface area contributed by atoms with Gasteiger partial charge in [-0.3, -0.25) is 0 Å². The number of nitrogens with zero attached hydrogens (tertiary/aromatic N) is 1. The van der Waals surface area contributed by atoms with Crippen LogP contribution in [0.3, 0.4) is 0 Å². The average Bonchev–Trinajstić information content (AvgIpc) is 3.41. The molecule has 0 aliphatic rings. The third-order valence-corrected chi connectivity index (χ3v) is 8.05. The van der Waals surface area contributed by atoms with Crippen LogP contribution in [-0.2, 0) is 0 Å². The molecule has 32 heavy (non-hydrogen) atoms. The fraction of sp³-hybridized carbons (Fsp3) is 0. The van der Waals surface area contributed by atoms with Gasteiger partial charge in [0.1, 0.15) is 0 Å². The second-order valence-corrected chi connectivity index (χ2v) is 9.68. The van der Waals surface area contributed by atoms with Crippen molar-refractivity contribution in [1.29, 1.82) is 0 Å². The van der Waals surface area contributed by atoms with Gasteiger partial charge in [-0.15, -0.1) is 11.3 Å². The van der Waals surface area contributed by atoms with Crippen molar-refractivity contribution in [2.45, 2.75) is 0 Å². The van der Waals surface area contributed by atoms with E-state index >= 15 is 0 Å². The fourth-order valence-corrected chi connectivity index (χ4v) is 6.65. The Morgan fingerprint density at radius 3 is 2.12 bits per heavy atom. The molecule has 0 amide bonds. The van der Waals surface area contributed by atoms with E-state index in [4.69, 9.17) is 0 Å². The molecule has 148 valence electrons. The molecule has 0 spiro atoms. The summed E-state index contributed by atoms with van der Waals surface area (Å²) in [5.74, 6) is 0. The van der Waals surface area contributed by atoms with Gasteiger partial charge >= 0.3 is 0 Å². The molecular weight excluding hydrogens is 406 g/mol. The molecule has 0 unspecified atom stereocenters. The minimum atomic E-state index is 1.27. The number of hydrogen-bond acceptors (Lipinski definition) is 1. The maximum absolute atomic E-state index is 2.46. The third-order valence-electron chi connectivity index (χ3n) is 6.92. The molecule has 0 saturated heterocycles. The van der Waals surface area contributed by atoms with Crippen molar-refractivity contribution in [3.05, 3.63) is 103 Å². The molecule has 3 aromatic heterocycles. The topological polar surface area (TPSA) is 4.41 Å². The number of rotatable bonds is 0. The summed E-state index contributed by atoms with van der Waals surface area (Å²) in [5.41, 5.74) is 3.83. The highest BCUT2D eigenvalue weighted by atomic mass is 32.1. The quantitative estimate of drug-likeness (QED) is 0.214. The summed E-state index contributed by atoms with van der Waals surface area (Å²) in [6.45, 7) is 0. The Balaban J connectivity index is 1.76. The predicted octanol–water partition coefficient (Wildman–Crippen LogP) is 8.92. The van der Waals surface area contributed by atoms with Crippen LogP contribution in [0.1, 0.15) is 0 Å². The highest BCUT2D eigenvalue weighted by molar-refractivity contribution is 7.25. The van der Waals surface area contributed by atoms with Crippen LogP contribution in [0.2, 0.25) is 0 Å². The van der Waals surface area contributed by atoms with Gasteiger partial charge in [-0.2, -0.15) is 0 Å². The Bertz CT molecular complexity index is 2040. The molecule has 0 aliphatic heterocycles. The van der Waals surface area contributed by atoms with Crippen molar-refractivity contribution in [3.63, 3.8) is 0 Å². The van der Waals surface area contributed by atoms with Gasteiger partial charge in [0.05, 0.1) is 16.6 Å². The van der Waals surface area contributed by atoms with Crippen LogP contribution < -0.4 is 0 Å². The monoisotopic (exact) mass is 423 g/mol. The van der Waals surface area contributed by atoms with Crippen molar-refractivity contribution >= 4 is 80.4 Å². The zero-order valence-electron chi connectivity index (χ0n) is 17.2. The van der Waals surface area contributed by atoms with Crippen molar-refractivity contribution in [3.8, 4) is 0 Å². The maximum atomic E-state index is 2.46. The van der Waals surface area contributed by atoms with Crippen molar-refractivity contribution in [2.24, 2.45) is 0 Å². The minimum absolute atomic E-state index is 1.27. The molecule has 0 fully saturated rings. The predicted molar refractivity (Wildman–Crippen MR) is 140 cm³/mol. The largest absolute Gasteiger partial charge is 0.309 e. The van der Waals surface area contributed by atoms with Gasteiger partial charge in [-0.25, -0.2) is 0 Å². The van der Waals surface area contributed by atoms with Crippen LogP contribution >= 0.6 is 11.3 Å². The molecule has 8 rings (SSSR count). The molecule has 0 aliphatic carbocycles. The van der Waals surface area contributed by atoms with E-state index < -0.39 is 0 Å². The first-order valence-electron chi connectivity index (χ1n) is 11.0. The van der Waals surface area contributed by atoms with Gasteiger partial charge in [0.15, 0.2) is 0 Å². The van der Waals surface area contributed by atoms with Crippen LogP contribution in [-0.4, -0.2) is 4.40 Å². The van der Waals surface area contributed by atoms with E-state index in [2.05, 4.69) is 108 Å². The lowest BCUT2D eigenvalue weighted by Crippen LogP contribution is -1.91. The normalized spacial score (nSPS) is 12.4. The lowest BCUT2D eigenvalue weighted by atomic mass is 9.97. The molecule has 0 N–H and O–H groups in total. The van der Waals surface area contributed by atoms with Crippen LogP contribution in [0.4, 0.5) is 0 Å². The van der Waals surface area contributed by atoms with Gasteiger partial charge in [0.25, 0.3) is 0 Å². The maximum Gasteiger partial charge on any atom is 0.0555 e. The number of benzene rings is 5. The Morgan fingerprint density at radius 1 is 0.438 bits per heavy atom. The van der Waals surface area contributed by atoms with Crippen LogP contribution in [0.15, 0.2) is 103 Å². The molecule has 3 heterocycles. The van der Waals surface area contributed by atoms with Gasteiger partial charge in [-0.1, -0.05) is 72.8 Å². The van der Waals surface area contributed by atoms with Crippen LogP contribution in [0.25, 0.3) is 69.0 Å². The lowest BCUT2D eigenvalue weighted by molar-refractivity contribution is 1.35. The molecule has 2 heteroatoms. The Morgan fingerprint density at radius 2 is 1.19 bits per heavy atom. The first-order chi connectivity index (χ1) is 15.9. The molecule has 0 radical (unpaired) electrons. The standard InChI is InChI=1S/C30H17NS/c1-3-9-20-18(7-1)13-14-22-26-15-19-8-2-5-11-25(19)31(26)27-17-29-23(16-24(27)30(20)22)21-10-4-6-12-28(21)32-29/h1-17H. The van der Waals surface area contributed by atoms with Gasteiger partial charge < -0.3 is 4.40 Å². The molecule has 0 saturated carbocycles. The zero-order valence-corrected chi connectivity index (χ0v) is 18.0. The smallest absolute Gasteiger partial charge is 0.0555 e. The van der Waals surface area contributed by atoms with Crippen LogP contribution in [0.5, 0.6) is 0 Å². The zero-order chi connectivity index (χ0) is 20.8. The summed E-state index contributed by atoms with van der Waals surface area (Å²) >= 11 is 1.89. The Hall–Kier alpha value is -3.88. The molecule has 8 aromatic rings. The highest BCUT2D eigenvalue weighted by Gasteiger charge is 2.16. The first-order valence-corrected chi connectivity index (χ1v) is 11.8. The number of fused-ring (bicyclic) bond motifs is 13. The van der Waals surface area contributed by atoms with Crippen molar-refractivity contribution in [1.82, 2.24) is 4.40 Å². The summed E-state index contributed by atoms with van der Waals surface area (Å²) in [4.78, 5) is 0. The van der Waals surface area contributed by atoms with Crippen molar-refractivity contribution < 1.29 is 0 Å². The van der Waals surface area contributed by atoms with Crippen molar-refractivity contribution in [2.75, 3.05) is 0 Å². The fourth-order valence-electron chi connectivity index (χ4n) is 5.53.